The second kappa shape index (κ2) is 9.21. The summed E-state index contributed by atoms with van der Waals surface area (Å²) in [5.74, 6) is 0.779. The molecule has 28 heavy (non-hydrogen) atoms. The van der Waals surface area contributed by atoms with Crippen LogP contribution in [-0.4, -0.2) is 41.9 Å². The van der Waals surface area contributed by atoms with Crippen molar-refractivity contribution < 1.29 is 9.21 Å². The van der Waals surface area contributed by atoms with E-state index in [1.807, 2.05) is 47.4 Å². The predicted octanol–water partition coefficient (Wildman–Crippen LogP) is 5.42. The van der Waals surface area contributed by atoms with Crippen LogP contribution < -0.4 is 0 Å². The summed E-state index contributed by atoms with van der Waals surface area (Å²) >= 11 is 7.79. The molecule has 0 aliphatic carbocycles. The summed E-state index contributed by atoms with van der Waals surface area (Å²) in [6, 6.07) is 11.5. The molecule has 2 aliphatic rings. The highest BCUT2D eigenvalue weighted by atomic mass is 35.5. The third-order valence-electron chi connectivity index (χ3n) is 5.27. The van der Waals surface area contributed by atoms with Crippen LogP contribution in [-0.2, 0) is 4.79 Å². The molecule has 6 heteroatoms. The van der Waals surface area contributed by atoms with E-state index < -0.39 is 0 Å². The van der Waals surface area contributed by atoms with Crippen LogP contribution in [0.3, 0.4) is 0 Å². The molecule has 1 aromatic heterocycles. The molecule has 2 aliphatic heterocycles. The Labute approximate surface area is 175 Å². The normalized spacial score (nSPS) is 22.3. The number of likely N-dealkylation sites (tertiary alicyclic amines) is 1. The number of thioether (sulfide) groups is 1. The lowest BCUT2D eigenvalue weighted by atomic mass is 10.1. The number of furan rings is 1. The van der Waals surface area contributed by atoms with E-state index in [0.717, 1.165) is 30.0 Å². The number of hydrogen-bond acceptors (Lipinski definition) is 4. The maximum Gasteiger partial charge on any atom is 0.261 e. The average molecular weight is 417 g/mol. The highest BCUT2D eigenvalue weighted by Gasteiger charge is 2.37. The molecule has 4 rings (SSSR count). The lowest BCUT2D eigenvalue weighted by Crippen LogP contribution is -2.34. The third-order valence-corrected chi connectivity index (χ3v) is 6.80. The van der Waals surface area contributed by atoms with Gasteiger partial charge in [-0.1, -0.05) is 41.9 Å². The van der Waals surface area contributed by atoms with Crippen molar-refractivity contribution >= 4 is 35.3 Å². The first-order valence-corrected chi connectivity index (χ1v) is 11.2. The van der Waals surface area contributed by atoms with E-state index in [-0.39, 0.29) is 11.3 Å². The lowest BCUT2D eigenvalue weighted by molar-refractivity contribution is -0.126. The number of piperidine rings is 1. The molecule has 1 amide bonds. The number of halogens is 1. The van der Waals surface area contributed by atoms with E-state index in [0.29, 0.717) is 10.8 Å². The number of rotatable bonds is 6. The van der Waals surface area contributed by atoms with E-state index in [2.05, 4.69) is 4.90 Å². The van der Waals surface area contributed by atoms with Crippen LogP contribution in [0.25, 0.3) is 6.08 Å². The van der Waals surface area contributed by atoms with Crippen molar-refractivity contribution in [3.8, 4) is 0 Å². The molecule has 2 saturated heterocycles. The Bertz CT molecular complexity index is 831. The van der Waals surface area contributed by atoms with Gasteiger partial charge in [0, 0.05) is 11.6 Å². The first kappa shape index (κ1) is 19.6. The first-order valence-electron chi connectivity index (χ1n) is 9.91. The fraction of sp³-hybridized carbons (Fsp3) is 0.409. The van der Waals surface area contributed by atoms with Crippen molar-refractivity contribution in [1.82, 2.24) is 9.80 Å². The van der Waals surface area contributed by atoms with Crippen LogP contribution in [0.2, 0.25) is 5.02 Å². The maximum atomic E-state index is 13.1. The molecule has 0 radical (unpaired) electrons. The van der Waals surface area contributed by atoms with Crippen LogP contribution in [0, 0.1) is 0 Å². The van der Waals surface area contributed by atoms with Crippen molar-refractivity contribution in [3.05, 3.63) is 63.9 Å². The van der Waals surface area contributed by atoms with Gasteiger partial charge in [-0.3, -0.25) is 4.79 Å². The Balaban J connectivity index is 1.50. The summed E-state index contributed by atoms with van der Waals surface area (Å²) in [6.07, 6.45) is 8.38. The van der Waals surface area contributed by atoms with Gasteiger partial charge in [0.2, 0.25) is 0 Å². The maximum absolute atomic E-state index is 13.1. The quantitative estimate of drug-likeness (QED) is 0.589. The van der Waals surface area contributed by atoms with E-state index >= 15 is 0 Å². The molecular formula is C22H25ClN2O2S. The van der Waals surface area contributed by atoms with Gasteiger partial charge in [-0.25, -0.2) is 0 Å². The number of hydrogen-bond donors (Lipinski definition) is 0. The Morgan fingerprint density at radius 3 is 2.75 bits per heavy atom. The number of benzene rings is 1. The summed E-state index contributed by atoms with van der Waals surface area (Å²) < 4.78 is 5.41. The highest BCUT2D eigenvalue weighted by Crippen LogP contribution is 2.46. The monoisotopic (exact) mass is 416 g/mol. The summed E-state index contributed by atoms with van der Waals surface area (Å²) in [5.41, 5.74) is 1.06. The molecule has 0 saturated carbocycles. The van der Waals surface area contributed by atoms with Gasteiger partial charge in [-0.05, 0) is 74.8 Å². The number of carbonyl (C=O) groups is 1. The van der Waals surface area contributed by atoms with Crippen molar-refractivity contribution in [2.24, 2.45) is 0 Å². The van der Waals surface area contributed by atoms with Crippen LogP contribution in [0.15, 0.2) is 52.0 Å². The van der Waals surface area contributed by atoms with Gasteiger partial charge >= 0.3 is 0 Å². The zero-order valence-electron chi connectivity index (χ0n) is 15.9. The molecule has 148 valence electrons. The van der Waals surface area contributed by atoms with Gasteiger partial charge < -0.3 is 14.2 Å². The number of amides is 1. The van der Waals surface area contributed by atoms with Crippen molar-refractivity contribution in [2.75, 3.05) is 26.2 Å². The minimum absolute atomic E-state index is 0.0474. The summed E-state index contributed by atoms with van der Waals surface area (Å²) in [6.45, 7) is 4.16. The standard InChI is InChI=1S/C22H25ClN2O2S/c23-18-8-4-7-17(15-18)22-25(13-6-12-24-10-2-1-3-11-24)21(26)20(28-22)16-19-9-5-14-27-19/h4-5,7-9,14-16,22H,1-3,6,10-13H2/b20-16-. The van der Waals surface area contributed by atoms with E-state index in [1.165, 1.54) is 32.4 Å². The summed E-state index contributed by atoms with van der Waals surface area (Å²) in [5, 5.41) is 0.649. The van der Waals surface area contributed by atoms with Crippen LogP contribution in [0.1, 0.15) is 42.4 Å². The van der Waals surface area contributed by atoms with E-state index in [4.69, 9.17) is 16.0 Å². The molecule has 1 atom stereocenters. The van der Waals surface area contributed by atoms with Gasteiger partial charge in [0.05, 0.1) is 11.2 Å². The van der Waals surface area contributed by atoms with E-state index in [9.17, 15) is 4.79 Å². The van der Waals surface area contributed by atoms with Gasteiger partial charge in [0.1, 0.15) is 11.1 Å². The smallest absolute Gasteiger partial charge is 0.261 e. The van der Waals surface area contributed by atoms with Crippen molar-refractivity contribution in [2.45, 2.75) is 31.1 Å². The second-order valence-corrected chi connectivity index (χ2v) is 8.86. The zero-order chi connectivity index (χ0) is 19.3. The molecule has 1 unspecified atom stereocenters. The molecular weight excluding hydrogens is 392 g/mol. The Morgan fingerprint density at radius 2 is 2.00 bits per heavy atom. The van der Waals surface area contributed by atoms with Crippen molar-refractivity contribution in [3.63, 3.8) is 0 Å². The van der Waals surface area contributed by atoms with Crippen LogP contribution in [0.5, 0.6) is 0 Å². The molecule has 2 fully saturated rings. The van der Waals surface area contributed by atoms with E-state index in [1.54, 1.807) is 18.0 Å². The molecule has 0 bridgehead atoms. The average Bonchev–Trinajstić information content (AvgIpc) is 3.32. The molecule has 0 N–H and O–H groups in total. The number of nitrogens with zero attached hydrogens (tertiary/aromatic N) is 2. The highest BCUT2D eigenvalue weighted by molar-refractivity contribution is 8.04. The lowest BCUT2D eigenvalue weighted by Gasteiger charge is -2.28. The van der Waals surface area contributed by atoms with Gasteiger partial charge in [0.25, 0.3) is 5.91 Å². The molecule has 1 aromatic carbocycles. The first-order chi connectivity index (χ1) is 13.7. The van der Waals surface area contributed by atoms with Crippen molar-refractivity contribution in [1.29, 1.82) is 0 Å². The Kier molecular flexibility index (Phi) is 6.45. The molecule has 4 nitrogen and oxygen atoms in total. The third kappa shape index (κ3) is 4.65. The van der Waals surface area contributed by atoms with Crippen LogP contribution in [0.4, 0.5) is 0 Å². The second-order valence-electron chi connectivity index (χ2n) is 7.30. The minimum atomic E-state index is -0.0474. The zero-order valence-corrected chi connectivity index (χ0v) is 17.4. The SMILES string of the molecule is O=C1/C(=C/c2ccco2)SC(c2cccc(Cl)c2)N1CCCN1CCCCC1. The molecule has 2 aromatic rings. The van der Waals surface area contributed by atoms with Gasteiger partial charge in [0.15, 0.2) is 0 Å². The Hall–Kier alpha value is -1.69. The summed E-state index contributed by atoms with van der Waals surface area (Å²) in [7, 11) is 0. The molecule has 0 spiro atoms. The largest absolute Gasteiger partial charge is 0.465 e. The van der Waals surface area contributed by atoms with Gasteiger partial charge in [-0.15, -0.1) is 0 Å². The fourth-order valence-corrected chi connectivity index (χ4v) is 5.31. The van der Waals surface area contributed by atoms with Crippen LogP contribution >= 0.6 is 23.4 Å². The minimum Gasteiger partial charge on any atom is -0.465 e. The Morgan fingerprint density at radius 1 is 1.14 bits per heavy atom. The molecule has 3 heterocycles. The topological polar surface area (TPSA) is 36.7 Å². The number of carbonyl (C=O) groups excluding carboxylic acids is 1. The predicted molar refractivity (Wildman–Crippen MR) is 115 cm³/mol. The van der Waals surface area contributed by atoms with Gasteiger partial charge in [-0.2, -0.15) is 0 Å². The fourth-order valence-electron chi connectivity index (χ4n) is 3.86. The summed E-state index contributed by atoms with van der Waals surface area (Å²) in [4.78, 5) is 18.4.